The summed E-state index contributed by atoms with van der Waals surface area (Å²) < 4.78 is 19.1. The average molecular weight is 369 g/mol. The van der Waals surface area contributed by atoms with E-state index < -0.39 is 0 Å². The second-order valence-electron chi connectivity index (χ2n) is 6.86. The molecule has 0 radical (unpaired) electrons. The molecule has 2 atom stereocenters. The van der Waals surface area contributed by atoms with Gasteiger partial charge in [0.2, 0.25) is 5.91 Å². The molecule has 2 N–H and O–H groups in total. The van der Waals surface area contributed by atoms with Gasteiger partial charge in [-0.05, 0) is 62.9 Å². The maximum absolute atomic E-state index is 13.3. The molecule has 2 heterocycles. The van der Waals surface area contributed by atoms with Crippen molar-refractivity contribution in [2.75, 3.05) is 13.1 Å². The molecule has 0 bridgehead atoms. The van der Waals surface area contributed by atoms with E-state index in [1.54, 1.807) is 6.07 Å². The van der Waals surface area contributed by atoms with Crippen molar-refractivity contribution in [3.8, 4) is 0 Å². The molecular formula is C19H26ClFN2O2. The van der Waals surface area contributed by atoms with E-state index in [4.69, 9.17) is 4.42 Å². The summed E-state index contributed by atoms with van der Waals surface area (Å²) in [7, 11) is 0. The van der Waals surface area contributed by atoms with Gasteiger partial charge in [0.15, 0.2) is 0 Å². The number of fused-ring (bicyclic) bond motifs is 1. The third-order valence-corrected chi connectivity index (χ3v) is 5.09. The summed E-state index contributed by atoms with van der Waals surface area (Å²) in [4.78, 5) is 12.2. The topological polar surface area (TPSA) is 54.3 Å². The molecule has 2 unspecified atom stereocenters. The van der Waals surface area contributed by atoms with Gasteiger partial charge in [-0.15, -0.1) is 12.4 Å². The van der Waals surface area contributed by atoms with Crippen LogP contribution in [0.5, 0.6) is 0 Å². The number of halogens is 2. The fraction of sp³-hybridized carbons (Fsp3) is 0.526. The summed E-state index contributed by atoms with van der Waals surface area (Å²) in [5.41, 5.74) is 1.54. The van der Waals surface area contributed by atoms with Crippen LogP contribution >= 0.6 is 12.4 Å². The van der Waals surface area contributed by atoms with Gasteiger partial charge in [-0.1, -0.05) is 6.92 Å². The quantitative estimate of drug-likeness (QED) is 0.840. The normalized spacial score (nSPS) is 18.6. The van der Waals surface area contributed by atoms with Gasteiger partial charge in [0.05, 0.1) is 6.54 Å². The summed E-state index contributed by atoms with van der Waals surface area (Å²) in [5.74, 6) is 1.39. The Morgan fingerprint density at radius 1 is 1.48 bits per heavy atom. The molecule has 1 saturated heterocycles. The number of benzene rings is 1. The fourth-order valence-electron chi connectivity index (χ4n) is 3.49. The van der Waals surface area contributed by atoms with Crippen molar-refractivity contribution >= 4 is 29.3 Å². The number of piperidine rings is 1. The molecular weight excluding hydrogens is 343 g/mol. The minimum Gasteiger partial charge on any atom is -0.459 e. The Morgan fingerprint density at radius 2 is 2.28 bits per heavy atom. The lowest BCUT2D eigenvalue weighted by molar-refractivity contribution is -0.122. The Morgan fingerprint density at radius 3 is 3.00 bits per heavy atom. The molecule has 1 aromatic carbocycles. The maximum Gasteiger partial charge on any atom is 0.220 e. The van der Waals surface area contributed by atoms with Gasteiger partial charge in [-0.25, -0.2) is 4.39 Å². The monoisotopic (exact) mass is 368 g/mol. The zero-order chi connectivity index (χ0) is 17.1. The van der Waals surface area contributed by atoms with E-state index in [0.29, 0.717) is 36.1 Å². The SMILES string of the molecule is Cc1c(CNC(=O)CC(C)C2CCCNC2)oc2ccc(F)cc12.Cl. The number of carbonyl (C=O) groups excluding carboxylic acids is 1. The van der Waals surface area contributed by atoms with Gasteiger partial charge in [0.25, 0.3) is 0 Å². The highest BCUT2D eigenvalue weighted by Crippen LogP contribution is 2.26. The number of aryl methyl sites for hydroxylation is 1. The molecule has 0 spiro atoms. The molecule has 0 saturated carbocycles. The van der Waals surface area contributed by atoms with Crippen molar-refractivity contribution in [1.82, 2.24) is 10.6 Å². The van der Waals surface area contributed by atoms with E-state index in [-0.39, 0.29) is 24.1 Å². The number of nitrogens with one attached hydrogen (secondary N) is 2. The third-order valence-electron chi connectivity index (χ3n) is 5.09. The van der Waals surface area contributed by atoms with Crippen molar-refractivity contribution in [1.29, 1.82) is 0 Å². The van der Waals surface area contributed by atoms with Crippen LogP contribution in [0.15, 0.2) is 22.6 Å². The maximum atomic E-state index is 13.3. The first-order valence-corrected chi connectivity index (χ1v) is 8.69. The Kier molecular flexibility index (Phi) is 6.85. The average Bonchev–Trinajstić information content (AvgIpc) is 2.89. The second-order valence-corrected chi connectivity index (χ2v) is 6.86. The largest absolute Gasteiger partial charge is 0.459 e. The Hall–Kier alpha value is -1.59. The standard InChI is InChI=1S/C19H25FN2O2.ClH/c1-12(14-4-3-7-21-10-14)8-19(23)22-11-18-13(2)16-9-15(20)5-6-17(16)24-18;/h5-6,9,12,14,21H,3-4,7-8,10-11H2,1-2H3,(H,22,23);1H. The van der Waals surface area contributed by atoms with Crippen LogP contribution < -0.4 is 10.6 Å². The number of hydrogen-bond acceptors (Lipinski definition) is 3. The zero-order valence-electron chi connectivity index (χ0n) is 14.7. The lowest BCUT2D eigenvalue weighted by atomic mass is 9.85. The van der Waals surface area contributed by atoms with Crippen LogP contribution in [0, 0.1) is 24.6 Å². The van der Waals surface area contributed by atoms with Crippen LogP contribution in [0.25, 0.3) is 11.0 Å². The Bertz CT molecular complexity index is 726. The predicted octanol–water partition coefficient (Wildman–Crippen LogP) is 3.94. The van der Waals surface area contributed by atoms with Crippen molar-refractivity contribution in [2.45, 2.75) is 39.7 Å². The molecule has 4 nitrogen and oxygen atoms in total. The second kappa shape index (κ2) is 8.68. The molecule has 3 rings (SSSR count). The van der Waals surface area contributed by atoms with Crippen molar-refractivity contribution < 1.29 is 13.6 Å². The van der Waals surface area contributed by atoms with E-state index in [2.05, 4.69) is 17.6 Å². The van der Waals surface area contributed by atoms with Crippen molar-refractivity contribution in [3.63, 3.8) is 0 Å². The molecule has 138 valence electrons. The van der Waals surface area contributed by atoms with Gasteiger partial charge < -0.3 is 15.1 Å². The minimum absolute atomic E-state index is 0. The number of furan rings is 1. The smallest absolute Gasteiger partial charge is 0.220 e. The van der Waals surface area contributed by atoms with Gasteiger partial charge >= 0.3 is 0 Å². The highest BCUT2D eigenvalue weighted by atomic mass is 35.5. The first-order valence-electron chi connectivity index (χ1n) is 8.69. The molecule has 1 aromatic heterocycles. The van der Waals surface area contributed by atoms with Crippen LogP contribution in [-0.2, 0) is 11.3 Å². The summed E-state index contributed by atoms with van der Waals surface area (Å²) >= 11 is 0. The molecule has 0 aliphatic carbocycles. The number of rotatable bonds is 5. The summed E-state index contributed by atoms with van der Waals surface area (Å²) in [5, 5.41) is 7.10. The number of hydrogen-bond donors (Lipinski definition) is 2. The molecule has 6 heteroatoms. The minimum atomic E-state index is -0.281. The van der Waals surface area contributed by atoms with E-state index in [1.807, 2.05) is 6.92 Å². The summed E-state index contributed by atoms with van der Waals surface area (Å²) in [6.07, 6.45) is 2.90. The van der Waals surface area contributed by atoms with Crippen LogP contribution in [-0.4, -0.2) is 19.0 Å². The van der Waals surface area contributed by atoms with Crippen molar-refractivity contribution in [3.05, 3.63) is 35.3 Å². The zero-order valence-corrected chi connectivity index (χ0v) is 15.5. The molecule has 1 amide bonds. The summed E-state index contributed by atoms with van der Waals surface area (Å²) in [6.45, 7) is 6.47. The molecule has 25 heavy (non-hydrogen) atoms. The highest BCUT2D eigenvalue weighted by molar-refractivity contribution is 5.85. The number of amides is 1. The Balaban J connectivity index is 0.00000225. The summed E-state index contributed by atoms with van der Waals surface area (Å²) in [6, 6.07) is 4.48. The lowest BCUT2D eigenvalue weighted by Gasteiger charge is -2.27. The predicted molar refractivity (Wildman–Crippen MR) is 99.4 cm³/mol. The van der Waals surface area contributed by atoms with E-state index in [0.717, 1.165) is 24.0 Å². The van der Waals surface area contributed by atoms with Gasteiger partial charge in [-0.2, -0.15) is 0 Å². The Labute approximate surface area is 153 Å². The first kappa shape index (κ1) is 19.7. The number of carbonyl (C=O) groups is 1. The van der Waals surface area contributed by atoms with E-state index >= 15 is 0 Å². The molecule has 2 aromatic rings. The third kappa shape index (κ3) is 4.73. The van der Waals surface area contributed by atoms with Gasteiger partial charge in [-0.3, -0.25) is 4.79 Å². The van der Waals surface area contributed by atoms with Crippen LogP contribution in [0.1, 0.15) is 37.5 Å². The van der Waals surface area contributed by atoms with Gasteiger partial charge in [0, 0.05) is 17.4 Å². The van der Waals surface area contributed by atoms with Crippen LogP contribution in [0.4, 0.5) is 4.39 Å². The van der Waals surface area contributed by atoms with Crippen molar-refractivity contribution in [2.24, 2.45) is 11.8 Å². The van der Waals surface area contributed by atoms with E-state index in [9.17, 15) is 9.18 Å². The molecule has 1 aliphatic heterocycles. The fourth-order valence-corrected chi connectivity index (χ4v) is 3.49. The lowest BCUT2D eigenvalue weighted by Crippen LogP contribution is -2.35. The van der Waals surface area contributed by atoms with E-state index in [1.165, 1.54) is 25.0 Å². The van der Waals surface area contributed by atoms with Gasteiger partial charge in [0.1, 0.15) is 17.2 Å². The van der Waals surface area contributed by atoms with Crippen LogP contribution in [0.2, 0.25) is 0 Å². The molecule has 1 aliphatic rings. The first-order chi connectivity index (χ1) is 11.5. The molecule has 1 fully saturated rings. The highest BCUT2D eigenvalue weighted by Gasteiger charge is 2.22. The van der Waals surface area contributed by atoms with Crippen LogP contribution in [0.3, 0.4) is 0 Å².